The van der Waals surface area contributed by atoms with Gasteiger partial charge >= 0.3 is 5.51 Å². The van der Waals surface area contributed by atoms with Gasteiger partial charge in [0, 0.05) is 18.0 Å². The van der Waals surface area contributed by atoms with E-state index in [1.807, 2.05) is 6.92 Å². The Hall–Kier alpha value is -0.690. The molecule has 1 heterocycles. The molecule has 0 amide bonds. The fourth-order valence-corrected chi connectivity index (χ4v) is 1.85. The number of aryl methyl sites for hydroxylation is 1. The van der Waals surface area contributed by atoms with E-state index in [-0.39, 0.29) is 30.1 Å². The van der Waals surface area contributed by atoms with Crippen LogP contribution in [0.5, 0.6) is 0 Å². The Bertz CT molecular complexity index is 338. The predicted molar refractivity (Wildman–Crippen MR) is 62.7 cm³/mol. The zero-order valence-electron chi connectivity index (χ0n) is 9.57. The van der Waals surface area contributed by atoms with Gasteiger partial charge in [0.15, 0.2) is 0 Å². The molecule has 1 aromatic rings. The lowest BCUT2D eigenvalue weighted by molar-refractivity contribution is -0.0328. The molecule has 0 aromatic carbocycles. The molecule has 1 unspecified atom stereocenters. The van der Waals surface area contributed by atoms with Crippen molar-refractivity contribution in [2.24, 2.45) is 5.73 Å². The molecule has 2 N–H and O–H groups in total. The van der Waals surface area contributed by atoms with Gasteiger partial charge in [0.25, 0.3) is 0 Å². The van der Waals surface area contributed by atoms with Gasteiger partial charge in [0.2, 0.25) is 0 Å². The van der Waals surface area contributed by atoms with E-state index >= 15 is 0 Å². The minimum Gasteiger partial charge on any atom is -0.327 e. The number of rotatable bonds is 6. The summed E-state index contributed by atoms with van der Waals surface area (Å²) in [5.41, 5.74) is 2.58. The topological polar surface area (TPSA) is 43.8 Å². The lowest BCUT2D eigenvalue weighted by Crippen LogP contribution is -2.21. The third-order valence-electron chi connectivity index (χ3n) is 2.30. The molecular formula is C10H16F3N3S. The van der Waals surface area contributed by atoms with E-state index in [2.05, 4.69) is 5.10 Å². The van der Waals surface area contributed by atoms with Crippen molar-refractivity contribution in [2.75, 3.05) is 5.75 Å². The summed E-state index contributed by atoms with van der Waals surface area (Å²) in [4.78, 5) is 0. The quantitative estimate of drug-likeness (QED) is 0.860. The van der Waals surface area contributed by atoms with Crippen molar-refractivity contribution in [1.82, 2.24) is 9.78 Å². The van der Waals surface area contributed by atoms with Gasteiger partial charge in [-0.25, -0.2) is 0 Å². The summed E-state index contributed by atoms with van der Waals surface area (Å²) in [5.74, 6) is -0.0234. The molecular weight excluding hydrogens is 251 g/mol. The van der Waals surface area contributed by atoms with E-state index < -0.39 is 5.51 Å². The molecule has 98 valence electrons. The molecule has 3 nitrogen and oxygen atoms in total. The SMILES string of the molecule is CCC(N)Cc1cnn(CCSC(F)(F)F)c1. The Kier molecular flexibility index (Phi) is 5.32. The summed E-state index contributed by atoms with van der Waals surface area (Å²) in [6, 6.07) is 0.0807. The van der Waals surface area contributed by atoms with Gasteiger partial charge < -0.3 is 5.73 Å². The van der Waals surface area contributed by atoms with Gasteiger partial charge in [0.1, 0.15) is 0 Å². The zero-order valence-corrected chi connectivity index (χ0v) is 10.4. The number of halogens is 3. The van der Waals surface area contributed by atoms with Crippen LogP contribution >= 0.6 is 11.8 Å². The minimum atomic E-state index is -4.17. The Labute approximate surface area is 103 Å². The lowest BCUT2D eigenvalue weighted by Gasteiger charge is -2.06. The summed E-state index contributed by atoms with van der Waals surface area (Å²) < 4.78 is 37.2. The normalized spacial score (nSPS) is 13.9. The van der Waals surface area contributed by atoms with Crippen molar-refractivity contribution >= 4 is 11.8 Å². The molecule has 0 aliphatic rings. The molecule has 0 saturated heterocycles. The van der Waals surface area contributed by atoms with Crippen LogP contribution in [0.2, 0.25) is 0 Å². The van der Waals surface area contributed by atoms with E-state index in [9.17, 15) is 13.2 Å². The third-order valence-corrected chi connectivity index (χ3v) is 3.01. The van der Waals surface area contributed by atoms with Crippen molar-refractivity contribution in [2.45, 2.75) is 37.9 Å². The number of alkyl halides is 3. The maximum absolute atomic E-state index is 11.9. The molecule has 0 bridgehead atoms. The van der Waals surface area contributed by atoms with Crippen molar-refractivity contribution in [3.63, 3.8) is 0 Å². The first-order valence-corrected chi connectivity index (χ1v) is 6.37. The van der Waals surface area contributed by atoms with Crippen LogP contribution in [0.4, 0.5) is 13.2 Å². The summed E-state index contributed by atoms with van der Waals surface area (Å²) >= 11 is -0.0295. The van der Waals surface area contributed by atoms with Gasteiger partial charge in [-0.15, -0.1) is 0 Å². The first-order chi connectivity index (χ1) is 7.90. The molecule has 1 atom stereocenters. The molecule has 0 fully saturated rings. The maximum Gasteiger partial charge on any atom is 0.441 e. The van der Waals surface area contributed by atoms with Crippen LogP contribution in [0.15, 0.2) is 12.4 Å². The second-order valence-corrected chi connectivity index (χ2v) is 4.94. The van der Waals surface area contributed by atoms with Crippen LogP contribution in [-0.4, -0.2) is 27.1 Å². The summed E-state index contributed by atoms with van der Waals surface area (Å²) in [7, 11) is 0. The Balaban J connectivity index is 2.36. The largest absolute Gasteiger partial charge is 0.441 e. The minimum absolute atomic E-state index is 0.0234. The smallest absolute Gasteiger partial charge is 0.327 e. The van der Waals surface area contributed by atoms with Gasteiger partial charge in [-0.1, -0.05) is 6.92 Å². The molecule has 0 aliphatic carbocycles. The van der Waals surface area contributed by atoms with Gasteiger partial charge in [0.05, 0.1) is 12.7 Å². The monoisotopic (exact) mass is 267 g/mol. The number of hydrogen-bond donors (Lipinski definition) is 1. The number of thioether (sulfide) groups is 1. The standard InChI is InChI=1S/C10H16F3N3S/c1-2-9(14)5-8-6-15-16(7-8)3-4-17-10(11,12)13/h6-7,9H,2-5,14H2,1H3. The number of nitrogens with two attached hydrogens (primary N) is 1. The van der Waals surface area contributed by atoms with Crippen molar-refractivity contribution in [3.05, 3.63) is 18.0 Å². The van der Waals surface area contributed by atoms with Gasteiger partial charge in [-0.05, 0) is 30.2 Å². The van der Waals surface area contributed by atoms with Crippen LogP contribution in [0.1, 0.15) is 18.9 Å². The van der Waals surface area contributed by atoms with Gasteiger partial charge in [-0.2, -0.15) is 18.3 Å². The van der Waals surface area contributed by atoms with E-state index in [0.717, 1.165) is 12.0 Å². The van der Waals surface area contributed by atoms with Gasteiger partial charge in [-0.3, -0.25) is 4.68 Å². The second-order valence-electron chi connectivity index (χ2n) is 3.78. The van der Waals surface area contributed by atoms with E-state index in [1.54, 1.807) is 12.4 Å². The van der Waals surface area contributed by atoms with Crippen molar-refractivity contribution in [1.29, 1.82) is 0 Å². The lowest BCUT2D eigenvalue weighted by atomic mass is 10.1. The molecule has 0 spiro atoms. The summed E-state index contributed by atoms with van der Waals surface area (Å²) in [6.45, 7) is 2.25. The summed E-state index contributed by atoms with van der Waals surface area (Å²) in [6.07, 6.45) is 5.00. The third kappa shape index (κ3) is 5.97. The Morgan fingerprint density at radius 3 is 2.82 bits per heavy atom. The highest BCUT2D eigenvalue weighted by Gasteiger charge is 2.27. The van der Waals surface area contributed by atoms with Crippen LogP contribution in [0, 0.1) is 0 Å². The predicted octanol–water partition coefficient (Wildman–Crippen LogP) is 2.42. The van der Waals surface area contributed by atoms with Crippen molar-refractivity contribution in [3.8, 4) is 0 Å². The fraction of sp³-hybridized carbons (Fsp3) is 0.700. The highest BCUT2D eigenvalue weighted by Crippen LogP contribution is 2.29. The molecule has 17 heavy (non-hydrogen) atoms. The van der Waals surface area contributed by atoms with Crippen LogP contribution < -0.4 is 5.73 Å². The highest BCUT2D eigenvalue weighted by atomic mass is 32.2. The zero-order chi connectivity index (χ0) is 12.9. The highest BCUT2D eigenvalue weighted by molar-refractivity contribution is 8.00. The van der Waals surface area contributed by atoms with Crippen LogP contribution in [-0.2, 0) is 13.0 Å². The van der Waals surface area contributed by atoms with E-state index in [0.29, 0.717) is 6.42 Å². The summed E-state index contributed by atoms with van der Waals surface area (Å²) in [5, 5.41) is 4.00. The first-order valence-electron chi connectivity index (χ1n) is 5.38. The average Bonchev–Trinajstić information content (AvgIpc) is 2.63. The average molecular weight is 267 g/mol. The second kappa shape index (κ2) is 6.30. The number of hydrogen-bond acceptors (Lipinski definition) is 3. The Morgan fingerprint density at radius 1 is 1.53 bits per heavy atom. The molecule has 7 heteroatoms. The molecule has 0 saturated carbocycles. The van der Waals surface area contributed by atoms with E-state index in [4.69, 9.17) is 5.73 Å². The molecule has 0 radical (unpaired) electrons. The van der Waals surface area contributed by atoms with E-state index in [1.165, 1.54) is 4.68 Å². The maximum atomic E-state index is 11.9. The Morgan fingerprint density at radius 2 is 2.24 bits per heavy atom. The van der Waals surface area contributed by atoms with Crippen LogP contribution in [0.3, 0.4) is 0 Å². The van der Waals surface area contributed by atoms with Crippen molar-refractivity contribution < 1.29 is 13.2 Å². The first kappa shape index (κ1) is 14.4. The van der Waals surface area contributed by atoms with Crippen LogP contribution in [0.25, 0.3) is 0 Å². The number of nitrogens with zero attached hydrogens (tertiary/aromatic N) is 2. The molecule has 0 aliphatic heterocycles. The molecule has 1 aromatic heterocycles. The number of aromatic nitrogens is 2. The molecule has 1 rings (SSSR count). The fourth-order valence-electron chi connectivity index (χ4n) is 1.34.